The van der Waals surface area contributed by atoms with Gasteiger partial charge in [-0.1, -0.05) is 6.07 Å². The molecule has 0 saturated carbocycles. The van der Waals surface area contributed by atoms with Crippen molar-refractivity contribution in [1.82, 2.24) is 25.3 Å². The highest BCUT2D eigenvalue weighted by molar-refractivity contribution is 5.90. The predicted molar refractivity (Wildman–Crippen MR) is 84.2 cm³/mol. The Morgan fingerprint density at radius 2 is 2.05 bits per heavy atom. The molecule has 2 amide bonds. The van der Waals surface area contributed by atoms with Gasteiger partial charge in [-0.15, -0.1) is 0 Å². The van der Waals surface area contributed by atoms with Crippen molar-refractivity contribution in [3.63, 3.8) is 0 Å². The number of nitrogens with zero attached hydrogens (tertiary/aromatic N) is 3. The van der Waals surface area contributed by atoms with Crippen LogP contribution in [-0.4, -0.2) is 32.5 Å². The molecule has 22 heavy (non-hydrogen) atoms. The van der Waals surface area contributed by atoms with Crippen molar-refractivity contribution < 1.29 is 4.79 Å². The minimum Gasteiger partial charge on any atom is -0.368 e. The van der Waals surface area contributed by atoms with Gasteiger partial charge in [-0.25, -0.2) is 19.7 Å². The lowest BCUT2D eigenvalue weighted by Gasteiger charge is -2.00. The van der Waals surface area contributed by atoms with Crippen LogP contribution in [-0.2, 0) is 0 Å². The number of hydrogen-bond donors (Lipinski definition) is 4. The van der Waals surface area contributed by atoms with Gasteiger partial charge in [0.1, 0.15) is 0 Å². The van der Waals surface area contributed by atoms with Gasteiger partial charge in [-0.3, -0.25) is 5.32 Å². The SMILES string of the molecule is CCNC(=O)Nc1nc2cc(-c3cnc(N)nc3)ccc2[nH]1. The summed E-state index contributed by atoms with van der Waals surface area (Å²) < 4.78 is 0. The highest BCUT2D eigenvalue weighted by Crippen LogP contribution is 2.23. The van der Waals surface area contributed by atoms with Crippen molar-refractivity contribution >= 4 is 29.0 Å². The first-order valence-corrected chi connectivity index (χ1v) is 6.78. The van der Waals surface area contributed by atoms with Crippen LogP contribution in [0.3, 0.4) is 0 Å². The van der Waals surface area contributed by atoms with Gasteiger partial charge in [-0.05, 0) is 24.6 Å². The third-order valence-corrected chi connectivity index (χ3v) is 3.06. The topological polar surface area (TPSA) is 122 Å². The Hall–Kier alpha value is -3.16. The molecule has 1 aromatic carbocycles. The predicted octanol–water partition coefficient (Wildman–Crippen LogP) is 1.74. The van der Waals surface area contributed by atoms with Gasteiger partial charge in [-0.2, -0.15) is 0 Å². The van der Waals surface area contributed by atoms with Crippen molar-refractivity contribution in [3.8, 4) is 11.1 Å². The third kappa shape index (κ3) is 2.80. The van der Waals surface area contributed by atoms with Gasteiger partial charge in [0.25, 0.3) is 0 Å². The quantitative estimate of drug-likeness (QED) is 0.586. The van der Waals surface area contributed by atoms with E-state index in [2.05, 4.69) is 30.6 Å². The van der Waals surface area contributed by atoms with Gasteiger partial charge in [0, 0.05) is 24.5 Å². The summed E-state index contributed by atoms with van der Waals surface area (Å²) in [6.07, 6.45) is 3.31. The number of nitrogen functional groups attached to an aromatic ring is 1. The summed E-state index contributed by atoms with van der Waals surface area (Å²) in [6.45, 7) is 2.40. The number of H-pyrrole nitrogens is 1. The molecule has 3 rings (SSSR count). The summed E-state index contributed by atoms with van der Waals surface area (Å²) in [6, 6.07) is 5.40. The molecule has 8 heteroatoms. The molecule has 2 heterocycles. The lowest BCUT2D eigenvalue weighted by atomic mass is 10.1. The molecule has 0 spiro atoms. The van der Waals surface area contributed by atoms with Crippen LogP contribution in [0, 0.1) is 0 Å². The Morgan fingerprint density at radius 3 is 2.77 bits per heavy atom. The lowest BCUT2D eigenvalue weighted by Crippen LogP contribution is -2.28. The molecule has 0 bridgehead atoms. The van der Waals surface area contributed by atoms with Gasteiger partial charge in [0.2, 0.25) is 11.9 Å². The second kappa shape index (κ2) is 5.68. The Bertz CT molecular complexity index is 810. The Balaban J connectivity index is 1.90. The molecule has 8 nitrogen and oxygen atoms in total. The first-order valence-electron chi connectivity index (χ1n) is 6.78. The van der Waals surface area contributed by atoms with Gasteiger partial charge in [0.15, 0.2) is 0 Å². The summed E-state index contributed by atoms with van der Waals surface area (Å²) in [5.41, 5.74) is 8.81. The smallest absolute Gasteiger partial charge is 0.321 e. The summed E-state index contributed by atoms with van der Waals surface area (Å²) in [5, 5.41) is 5.28. The molecule has 0 aliphatic heterocycles. The maximum Gasteiger partial charge on any atom is 0.321 e. The summed E-state index contributed by atoms with van der Waals surface area (Å²) >= 11 is 0. The second-order valence-corrected chi connectivity index (χ2v) is 4.63. The zero-order chi connectivity index (χ0) is 15.5. The largest absolute Gasteiger partial charge is 0.368 e. The number of aromatic nitrogens is 4. The van der Waals surface area contributed by atoms with E-state index in [4.69, 9.17) is 5.73 Å². The van der Waals surface area contributed by atoms with Gasteiger partial charge in [0.05, 0.1) is 11.0 Å². The van der Waals surface area contributed by atoms with Crippen LogP contribution in [0.15, 0.2) is 30.6 Å². The van der Waals surface area contributed by atoms with Crippen LogP contribution in [0.4, 0.5) is 16.7 Å². The second-order valence-electron chi connectivity index (χ2n) is 4.63. The van der Waals surface area contributed by atoms with Crippen molar-refractivity contribution in [3.05, 3.63) is 30.6 Å². The molecule has 0 fully saturated rings. The van der Waals surface area contributed by atoms with E-state index >= 15 is 0 Å². The van der Waals surface area contributed by atoms with Crippen molar-refractivity contribution in [2.24, 2.45) is 0 Å². The van der Waals surface area contributed by atoms with E-state index in [0.29, 0.717) is 12.5 Å². The number of imidazole rings is 1. The number of rotatable bonds is 3. The van der Waals surface area contributed by atoms with Crippen LogP contribution < -0.4 is 16.4 Å². The third-order valence-electron chi connectivity index (χ3n) is 3.06. The molecule has 0 unspecified atom stereocenters. The number of nitrogens with one attached hydrogen (secondary N) is 3. The Labute approximate surface area is 126 Å². The summed E-state index contributed by atoms with van der Waals surface area (Å²) in [7, 11) is 0. The zero-order valence-corrected chi connectivity index (χ0v) is 11.9. The number of fused-ring (bicyclic) bond motifs is 1. The van der Waals surface area contributed by atoms with Gasteiger partial charge < -0.3 is 16.0 Å². The zero-order valence-electron chi connectivity index (χ0n) is 11.9. The van der Waals surface area contributed by atoms with Crippen LogP contribution in [0.25, 0.3) is 22.2 Å². The number of nitrogens with two attached hydrogens (primary N) is 1. The molecule has 3 aromatic rings. The minimum atomic E-state index is -0.297. The number of carbonyl (C=O) groups is 1. The number of aromatic amines is 1. The number of amides is 2. The minimum absolute atomic E-state index is 0.234. The molecular formula is C14H15N7O. The molecule has 112 valence electrons. The standard InChI is InChI=1S/C14H15N7O/c1-2-16-14(22)21-13-19-10-4-3-8(5-11(10)20-13)9-6-17-12(15)18-7-9/h3-7H,2H2,1H3,(H2,15,17,18)(H3,16,19,20,21,22). The molecule has 0 radical (unpaired) electrons. The maximum absolute atomic E-state index is 11.5. The summed E-state index contributed by atoms with van der Waals surface area (Å²) in [5.74, 6) is 0.629. The maximum atomic E-state index is 11.5. The van der Waals surface area contributed by atoms with Crippen LogP contribution in [0.1, 0.15) is 6.92 Å². The van der Waals surface area contributed by atoms with Crippen molar-refractivity contribution in [2.75, 3.05) is 17.6 Å². The molecule has 0 saturated heterocycles. The lowest BCUT2D eigenvalue weighted by molar-refractivity contribution is 0.252. The number of hydrogen-bond acceptors (Lipinski definition) is 5. The monoisotopic (exact) mass is 297 g/mol. The molecule has 0 atom stereocenters. The highest BCUT2D eigenvalue weighted by atomic mass is 16.2. The summed E-state index contributed by atoms with van der Waals surface area (Å²) in [4.78, 5) is 26.8. The van der Waals surface area contributed by atoms with Gasteiger partial charge >= 0.3 is 6.03 Å². The molecule has 2 aromatic heterocycles. The van der Waals surface area contributed by atoms with Crippen LogP contribution in [0.2, 0.25) is 0 Å². The van der Waals surface area contributed by atoms with Crippen LogP contribution >= 0.6 is 0 Å². The van der Waals surface area contributed by atoms with E-state index in [0.717, 1.165) is 22.2 Å². The van der Waals surface area contributed by atoms with Crippen molar-refractivity contribution in [1.29, 1.82) is 0 Å². The molecule has 5 N–H and O–H groups in total. The van der Waals surface area contributed by atoms with E-state index in [-0.39, 0.29) is 12.0 Å². The first-order chi connectivity index (χ1) is 10.7. The average Bonchev–Trinajstić information content (AvgIpc) is 2.89. The van der Waals surface area contributed by atoms with E-state index in [9.17, 15) is 4.79 Å². The Kier molecular flexibility index (Phi) is 3.57. The fourth-order valence-electron chi connectivity index (χ4n) is 2.04. The van der Waals surface area contributed by atoms with E-state index in [1.165, 1.54) is 0 Å². The number of urea groups is 1. The molecule has 0 aliphatic rings. The Morgan fingerprint density at radius 1 is 1.27 bits per heavy atom. The fraction of sp³-hybridized carbons (Fsp3) is 0.143. The van der Waals surface area contributed by atoms with E-state index in [1.807, 2.05) is 25.1 Å². The van der Waals surface area contributed by atoms with E-state index < -0.39 is 0 Å². The van der Waals surface area contributed by atoms with E-state index in [1.54, 1.807) is 12.4 Å². The first kappa shape index (κ1) is 13.8. The number of benzene rings is 1. The molecule has 0 aliphatic carbocycles. The average molecular weight is 297 g/mol. The number of anilines is 2. The van der Waals surface area contributed by atoms with Crippen molar-refractivity contribution in [2.45, 2.75) is 6.92 Å². The highest BCUT2D eigenvalue weighted by Gasteiger charge is 2.07. The van der Waals surface area contributed by atoms with Crippen LogP contribution in [0.5, 0.6) is 0 Å². The number of carbonyl (C=O) groups excluding carboxylic acids is 1. The molecular weight excluding hydrogens is 282 g/mol. The normalized spacial score (nSPS) is 10.6. The fourth-order valence-corrected chi connectivity index (χ4v) is 2.04.